The Hall–Kier alpha value is -1.64. The van der Waals surface area contributed by atoms with Crippen molar-refractivity contribution in [1.82, 2.24) is 9.62 Å². The lowest BCUT2D eigenvalue weighted by molar-refractivity contribution is 0.0693. The summed E-state index contributed by atoms with van der Waals surface area (Å²) < 4.78 is 26.5. The zero-order chi connectivity index (χ0) is 15.5. The van der Waals surface area contributed by atoms with Crippen molar-refractivity contribution in [3.05, 3.63) is 23.8 Å². The third kappa shape index (κ3) is 3.92. The summed E-state index contributed by atoms with van der Waals surface area (Å²) in [6.07, 6.45) is 0. The van der Waals surface area contributed by atoms with Gasteiger partial charge in [0.2, 0.25) is 10.0 Å². The Labute approximate surface area is 117 Å². The molecule has 0 fully saturated rings. The highest BCUT2D eigenvalue weighted by molar-refractivity contribution is 7.89. The average molecular weight is 302 g/mol. The molecule has 8 heteroatoms. The summed E-state index contributed by atoms with van der Waals surface area (Å²) in [5, 5.41) is 18.2. The minimum absolute atomic E-state index is 0.0131. The Kier molecular flexibility index (Phi) is 5.09. The van der Waals surface area contributed by atoms with Crippen LogP contribution in [0.3, 0.4) is 0 Å². The van der Waals surface area contributed by atoms with Gasteiger partial charge in [-0.25, -0.2) is 17.9 Å². The Morgan fingerprint density at radius 1 is 1.40 bits per heavy atom. The van der Waals surface area contributed by atoms with Crippen LogP contribution < -0.4 is 4.72 Å². The van der Waals surface area contributed by atoms with Gasteiger partial charge in [-0.2, -0.15) is 0 Å². The van der Waals surface area contributed by atoms with Crippen molar-refractivity contribution < 1.29 is 23.4 Å². The van der Waals surface area contributed by atoms with Gasteiger partial charge in [-0.1, -0.05) is 0 Å². The Balaban J connectivity index is 2.99. The molecule has 3 N–H and O–H groups in total. The molecular weight excluding hydrogens is 284 g/mol. The fourth-order valence-electron chi connectivity index (χ4n) is 1.35. The number of nitrogens with zero attached hydrogens (tertiary/aromatic N) is 1. The van der Waals surface area contributed by atoms with Crippen LogP contribution in [0.4, 0.5) is 0 Å². The molecule has 7 nitrogen and oxygen atoms in total. The Morgan fingerprint density at radius 3 is 2.50 bits per heavy atom. The topological polar surface area (TPSA) is 107 Å². The monoisotopic (exact) mass is 302 g/mol. The molecule has 0 aliphatic carbocycles. The molecule has 0 heterocycles. The molecule has 0 saturated heterocycles. The van der Waals surface area contributed by atoms with Gasteiger partial charge in [0.15, 0.2) is 0 Å². The molecular formula is C12H18N2O5S. The van der Waals surface area contributed by atoms with E-state index in [9.17, 15) is 18.3 Å². The SMILES string of the molecule is CC(CNS(=O)(=O)c1ccc(O)c(C(=O)O)c1)N(C)C. The van der Waals surface area contributed by atoms with Crippen molar-refractivity contribution in [3.8, 4) is 5.75 Å². The summed E-state index contributed by atoms with van der Waals surface area (Å²) in [7, 11) is -0.170. The van der Waals surface area contributed by atoms with Gasteiger partial charge in [-0.05, 0) is 39.2 Å². The van der Waals surface area contributed by atoms with Gasteiger partial charge in [0.25, 0.3) is 0 Å². The third-order valence-corrected chi connectivity index (χ3v) is 4.38. The maximum atomic E-state index is 12.0. The van der Waals surface area contributed by atoms with Crippen LogP contribution in [-0.4, -0.2) is 56.2 Å². The van der Waals surface area contributed by atoms with Gasteiger partial charge in [0.1, 0.15) is 11.3 Å². The third-order valence-electron chi connectivity index (χ3n) is 2.96. The van der Waals surface area contributed by atoms with E-state index in [1.807, 2.05) is 25.9 Å². The van der Waals surface area contributed by atoms with Crippen molar-refractivity contribution in [2.75, 3.05) is 20.6 Å². The molecule has 0 aliphatic heterocycles. The fourth-order valence-corrected chi connectivity index (χ4v) is 2.50. The highest BCUT2D eigenvalue weighted by atomic mass is 32.2. The molecule has 0 aliphatic rings. The van der Waals surface area contributed by atoms with Crippen molar-refractivity contribution in [3.63, 3.8) is 0 Å². The van der Waals surface area contributed by atoms with E-state index in [0.29, 0.717) is 0 Å². The molecule has 0 bridgehead atoms. The van der Waals surface area contributed by atoms with Crippen molar-refractivity contribution >= 4 is 16.0 Å². The van der Waals surface area contributed by atoms with Gasteiger partial charge < -0.3 is 15.1 Å². The number of carboxylic acid groups (broad SMARTS) is 1. The summed E-state index contributed by atoms with van der Waals surface area (Å²) in [6, 6.07) is 3.12. The predicted molar refractivity (Wildman–Crippen MR) is 73.4 cm³/mol. The number of phenols is 1. The molecule has 1 aromatic carbocycles. The number of sulfonamides is 1. The molecule has 0 spiro atoms. The maximum absolute atomic E-state index is 12.0. The zero-order valence-corrected chi connectivity index (χ0v) is 12.3. The number of aromatic carboxylic acids is 1. The lowest BCUT2D eigenvalue weighted by Gasteiger charge is -2.20. The Bertz CT molecular complexity index is 598. The molecule has 0 amide bonds. The Morgan fingerprint density at radius 2 is 2.00 bits per heavy atom. The van der Waals surface area contributed by atoms with Gasteiger partial charge in [-0.3, -0.25) is 0 Å². The van der Waals surface area contributed by atoms with Gasteiger partial charge in [0, 0.05) is 12.6 Å². The smallest absolute Gasteiger partial charge is 0.339 e. The van der Waals surface area contributed by atoms with Crippen LogP contribution in [0.5, 0.6) is 5.75 Å². The molecule has 1 unspecified atom stereocenters. The number of likely N-dealkylation sites (N-methyl/N-ethyl adjacent to an activating group) is 1. The highest BCUT2D eigenvalue weighted by Crippen LogP contribution is 2.21. The summed E-state index contributed by atoms with van der Waals surface area (Å²) >= 11 is 0. The van der Waals surface area contributed by atoms with Crippen molar-refractivity contribution in [2.24, 2.45) is 0 Å². The molecule has 0 aromatic heterocycles. The van der Waals surface area contributed by atoms with Crippen LogP contribution in [0.1, 0.15) is 17.3 Å². The summed E-state index contributed by atoms with van der Waals surface area (Å²) in [5.74, 6) is -1.86. The first-order chi connectivity index (χ1) is 9.15. The van der Waals surface area contributed by atoms with E-state index in [1.165, 1.54) is 0 Å². The second kappa shape index (κ2) is 6.21. The molecule has 0 saturated carbocycles. The molecule has 112 valence electrons. The lowest BCUT2D eigenvalue weighted by Crippen LogP contribution is -2.38. The van der Waals surface area contributed by atoms with Gasteiger partial charge in [-0.15, -0.1) is 0 Å². The van der Waals surface area contributed by atoms with Crippen LogP contribution in [-0.2, 0) is 10.0 Å². The number of hydrogen-bond acceptors (Lipinski definition) is 5. The van der Waals surface area contributed by atoms with Crippen LogP contribution >= 0.6 is 0 Å². The minimum Gasteiger partial charge on any atom is -0.507 e. The van der Waals surface area contributed by atoms with E-state index in [2.05, 4.69) is 4.72 Å². The number of nitrogens with one attached hydrogen (secondary N) is 1. The van der Waals surface area contributed by atoms with E-state index in [0.717, 1.165) is 18.2 Å². The number of rotatable bonds is 6. The van der Waals surface area contributed by atoms with Crippen LogP contribution in [0.15, 0.2) is 23.1 Å². The molecule has 20 heavy (non-hydrogen) atoms. The molecule has 1 aromatic rings. The van der Waals surface area contributed by atoms with E-state index in [-0.39, 0.29) is 17.5 Å². The van der Waals surface area contributed by atoms with Crippen molar-refractivity contribution in [2.45, 2.75) is 17.9 Å². The maximum Gasteiger partial charge on any atom is 0.339 e. The van der Waals surface area contributed by atoms with Crippen LogP contribution in [0, 0.1) is 0 Å². The first kappa shape index (κ1) is 16.4. The van der Waals surface area contributed by atoms with E-state index >= 15 is 0 Å². The zero-order valence-electron chi connectivity index (χ0n) is 11.5. The normalized spacial score (nSPS) is 13.4. The quantitative estimate of drug-likeness (QED) is 0.698. The summed E-state index contributed by atoms with van der Waals surface area (Å²) in [5.41, 5.74) is -0.450. The largest absolute Gasteiger partial charge is 0.507 e. The van der Waals surface area contributed by atoms with Gasteiger partial charge >= 0.3 is 5.97 Å². The van der Waals surface area contributed by atoms with E-state index in [4.69, 9.17) is 5.11 Å². The fraction of sp³-hybridized carbons (Fsp3) is 0.417. The standard InChI is InChI=1S/C12H18N2O5S/c1-8(14(2)3)7-13-20(18,19)9-4-5-11(15)10(6-9)12(16)17/h4-6,8,13,15H,7H2,1-3H3,(H,16,17). The molecule has 0 radical (unpaired) electrons. The minimum atomic E-state index is -3.81. The number of aromatic hydroxyl groups is 1. The van der Waals surface area contributed by atoms with Crippen LogP contribution in [0.2, 0.25) is 0 Å². The van der Waals surface area contributed by atoms with E-state index in [1.54, 1.807) is 0 Å². The van der Waals surface area contributed by atoms with Gasteiger partial charge in [0.05, 0.1) is 4.90 Å². The molecule has 1 rings (SSSR count). The summed E-state index contributed by atoms with van der Waals surface area (Å²) in [6.45, 7) is 2.04. The molecule has 1 atom stereocenters. The second-order valence-corrected chi connectivity index (χ2v) is 6.42. The lowest BCUT2D eigenvalue weighted by atomic mass is 10.2. The van der Waals surface area contributed by atoms with Crippen LogP contribution in [0.25, 0.3) is 0 Å². The first-order valence-electron chi connectivity index (χ1n) is 5.87. The number of carboxylic acids is 1. The van der Waals surface area contributed by atoms with Crippen molar-refractivity contribution in [1.29, 1.82) is 0 Å². The first-order valence-corrected chi connectivity index (χ1v) is 7.36. The number of benzene rings is 1. The predicted octanol–water partition coefficient (Wildman–Crippen LogP) is 0.319. The average Bonchev–Trinajstić information content (AvgIpc) is 2.35. The number of carbonyl (C=O) groups is 1. The summed E-state index contributed by atoms with van der Waals surface area (Å²) in [4.78, 5) is 12.5. The van der Waals surface area contributed by atoms with E-state index < -0.39 is 27.3 Å². The number of hydrogen-bond donors (Lipinski definition) is 3. The second-order valence-electron chi connectivity index (χ2n) is 4.65. The highest BCUT2D eigenvalue weighted by Gasteiger charge is 2.19.